The number of carbonyl (C=O) groups is 1. The molecule has 1 fully saturated rings. The van der Waals surface area contributed by atoms with Crippen LogP contribution in [0.3, 0.4) is 0 Å². The lowest BCUT2D eigenvalue weighted by molar-refractivity contribution is 0.0670. The number of amides is 1. The smallest absolute Gasteiger partial charge is 0.276 e. The molecule has 4 rings (SSSR count). The van der Waals surface area contributed by atoms with Gasteiger partial charge in [-0.1, -0.05) is 17.3 Å². The average molecular weight is 340 g/mol. The van der Waals surface area contributed by atoms with Crippen LogP contribution in [0.2, 0.25) is 0 Å². The molecule has 1 unspecified atom stereocenters. The minimum atomic E-state index is -0.0970. The van der Waals surface area contributed by atoms with Gasteiger partial charge < -0.3 is 18.7 Å². The molecule has 2 aromatic heterocycles. The third kappa shape index (κ3) is 3.02. The first-order valence-corrected chi connectivity index (χ1v) is 8.41. The van der Waals surface area contributed by atoms with Gasteiger partial charge in [-0.2, -0.15) is 0 Å². The highest BCUT2D eigenvalue weighted by Gasteiger charge is 2.28. The van der Waals surface area contributed by atoms with E-state index in [-0.39, 0.29) is 11.9 Å². The van der Waals surface area contributed by atoms with E-state index in [1.807, 2.05) is 29.4 Å². The summed E-state index contributed by atoms with van der Waals surface area (Å²) in [5.41, 5.74) is 2.42. The van der Waals surface area contributed by atoms with E-state index >= 15 is 0 Å². The summed E-state index contributed by atoms with van der Waals surface area (Å²) < 4.78 is 12.3. The zero-order valence-corrected chi connectivity index (χ0v) is 14.1. The normalized spacial score (nSPS) is 18.0. The third-order valence-electron chi connectivity index (χ3n) is 4.62. The van der Waals surface area contributed by atoms with E-state index in [0.29, 0.717) is 24.6 Å². The molecule has 1 saturated heterocycles. The number of hydrogen-bond donors (Lipinski definition) is 0. The zero-order chi connectivity index (χ0) is 17.2. The summed E-state index contributed by atoms with van der Waals surface area (Å²) in [6, 6.07) is 9.94. The lowest BCUT2D eigenvalue weighted by atomic mass is 10.0. The van der Waals surface area contributed by atoms with Crippen molar-refractivity contribution < 1.29 is 14.1 Å². The summed E-state index contributed by atoms with van der Waals surface area (Å²) in [5.74, 6) is 0.459. The molecule has 0 aliphatic carbocycles. The molecule has 130 valence electrons. The number of methoxy groups -OCH3 is 1. The maximum atomic E-state index is 12.7. The first-order chi connectivity index (χ1) is 12.3. The minimum absolute atomic E-state index is 0.0970. The van der Waals surface area contributed by atoms with Crippen molar-refractivity contribution in [1.29, 1.82) is 0 Å². The first-order valence-electron chi connectivity index (χ1n) is 8.41. The van der Waals surface area contributed by atoms with Gasteiger partial charge in [-0.25, -0.2) is 4.98 Å². The highest BCUT2D eigenvalue weighted by atomic mass is 16.5. The number of imidazole rings is 1. The monoisotopic (exact) mass is 340 g/mol. The molecule has 1 aliphatic heterocycles. The molecule has 0 saturated carbocycles. The van der Waals surface area contributed by atoms with Gasteiger partial charge in [-0.15, -0.1) is 0 Å². The van der Waals surface area contributed by atoms with Gasteiger partial charge in [-0.3, -0.25) is 4.79 Å². The van der Waals surface area contributed by atoms with Crippen LogP contribution in [0.25, 0.3) is 11.0 Å². The molecule has 1 aromatic carbocycles. The minimum Gasteiger partial charge on any atom is -0.377 e. The molecule has 0 bridgehead atoms. The van der Waals surface area contributed by atoms with Crippen LogP contribution in [0.15, 0.2) is 41.2 Å². The predicted octanol–water partition coefficient (Wildman–Crippen LogP) is 2.65. The summed E-state index contributed by atoms with van der Waals surface area (Å²) in [6.07, 6.45) is 3.85. The molecular weight excluding hydrogens is 320 g/mol. The van der Waals surface area contributed by atoms with Gasteiger partial charge in [0.25, 0.3) is 5.91 Å². The van der Waals surface area contributed by atoms with Gasteiger partial charge in [0.15, 0.2) is 11.5 Å². The van der Waals surface area contributed by atoms with Crippen molar-refractivity contribution in [3.05, 3.63) is 48.1 Å². The number of fused-ring (bicyclic) bond motifs is 1. The molecule has 0 N–H and O–H groups in total. The summed E-state index contributed by atoms with van der Waals surface area (Å²) in [7, 11) is 1.58. The predicted molar refractivity (Wildman–Crippen MR) is 91.1 cm³/mol. The van der Waals surface area contributed by atoms with Gasteiger partial charge in [0, 0.05) is 26.3 Å². The van der Waals surface area contributed by atoms with E-state index < -0.39 is 0 Å². The molecule has 1 atom stereocenters. The Bertz CT molecular complexity index is 885. The summed E-state index contributed by atoms with van der Waals surface area (Å²) in [4.78, 5) is 19.0. The average Bonchev–Trinajstić information content (AvgIpc) is 3.28. The highest BCUT2D eigenvalue weighted by Crippen LogP contribution is 2.26. The van der Waals surface area contributed by atoms with Crippen molar-refractivity contribution in [2.45, 2.75) is 25.5 Å². The van der Waals surface area contributed by atoms with Crippen molar-refractivity contribution in [2.75, 3.05) is 20.2 Å². The lowest BCUT2D eigenvalue weighted by Crippen LogP contribution is -2.40. The van der Waals surface area contributed by atoms with Gasteiger partial charge in [0.2, 0.25) is 0 Å². The fourth-order valence-corrected chi connectivity index (χ4v) is 3.42. The van der Waals surface area contributed by atoms with Gasteiger partial charge >= 0.3 is 0 Å². The third-order valence-corrected chi connectivity index (χ3v) is 4.62. The zero-order valence-electron chi connectivity index (χ0n) is 14.1. The number of ether oxygens (including phenoxy) is 1. The number of carbonyl (C=O) groups excluding carboxylic acids is 1. The number of rotatable bonds is 4. The van der Waals surface area contributed by atoms with E-state index in [0.717, 1.165) is 30.4 Å². The van der Waals surface area contributed by atoms with E-state index in [4.69, 9.17) is 9.26 Å². The first kappa shape index (κ1) is 15.8. The Hall–Kier alpha value is -2.67. The second-order valence-corrected chi connectivity index (χ2v) is 6.30. The largest absolute Gasteiger partial charge is 0.377 e. The standard InChI is InChI=1S/C18H20N4O3/c1-24-11-14-9-16(20-25-14)18(23)21-8-4-5-13(10-21)22-12-19-15-6-2-3-7-17(15)22/h2-3,6-7,9,12-13H,4-5,8,10-11H2,1H3. The van der Waals surface area contributed by atoms with Crippen LogP contribution < -0.4 is 0 Å². The molecule has 0 spiro atoms. The van der Waals surface area contributed by atoms with Crippen LogP contribution in [0, 0.1) is 0 Å². The Morgan fingerprint density at radius 3 is 3.16 bits per heavy atom. The summed E-state index contributed by atoms with van der Waals surface area (Å²) in [6.45, 7) is 1.68. The van der Waals surface area contributed by atoms with Crippen LogP contribution in [0.1, 0.15) is 35.1 Å². The van der Waals surface area contributed by atoms with Crippen LogP contribution in [-0.4, -0.2) is 45.7 Å². The number of piperidine rings is 1. The molecule has 3 heterocycles. The van der Waals surface area contributed by atoms with E-state index in [2.05, 4.69) is 20.8 Å². The second kappa shape index (κ2) is 6.68. The van der Waals surface area contributed by atoms with Crippen LogP contribution in [0.5, 0.6) is 0 Å². The van der Waals surface area contributed by atoms with Gasteiger partial charge in [-0.05, 0) is 25.0 Å². The fourth-order valence-electron chi connectivity index (χ4n) is 3.42. The molecule has 3 aromatic rings. The van der Waals surface area contributed by atoms with Crippen LogP contribution in [-0.2, 0) is 11.3 Å². The Morgan fingerprint density at radius 2 is 2.28 bits per heavy atom. The molecule has 7 nitrogen and oxygen atoms in total. The molecular formula is C18H20N4O3. The Kier molecular flexibility index (Phi) is 4.23. The van der Waals surface area contributed by atoms with Gasteiger partial charge in [0.1, 0.15) is 6.61 Å². The van der Waals surface area contributed by atoms with E-state index in [1.165, 1.54) is 0 Å². The van der Waals surface area contributed by atoms with E-state index in [1.54, 1.807) is 13.2 Å². The topological polar surface area (TPSA) is 73.4 Å². The van der Waals surface area contributed by atoms with Crippen molar-refractivity contribution in [3.63, 3.8) is 0 Å². The summed E-state index contributed by atoms with van der Waals surface area (Å²) in [5, 5.41) is 3.88. The van der Waals surface area contributed by atoms with Crippen molar-refractivity contribution in [3.8, 4) is 0 Å². The number of likely N-dealkylation sites (tertiary alicyclic amines) is 1. The van der Waals surface area contributed by atoms with Crippen molar-refractivity contribution in [1.82, 2.24) is 19.6 Å². The number of para-hydroxylation sites is 2. The van der Waals surface area contributed by atoms with Crippen molar-refractivity contribution in [2.24, 2.45) is 0 Å². The molecule has 25 heavy (non-hydrogen) atoms. The number of benzene rings is 1. The number of aromatic nitrogens is 3. The molecule has 1 aliphatic rings. The maximum Gasteiger partial charge on any atom is 0.276 e. The Balaban J connectivity index is 1.53. The molecule has 0 radical (unpaired) electrons. The fraction of sp³-hybridized carbons (Fsp3) is 0.389. The SMILES string of the molecule is COCc1cc(C(=O)N2CCCC(n3cnc4ccccc43)C2)no1. The Morgan fingerprint density at radius 1 is 1.40 bits per heavy atom. The maximum absolute atomic E-state index is 12.7. The molecule has 7 heteroatoms. The highest BCUT2D eigenvalue weighted by molar-refractivity contribution is 5.92. The van der Waals surface area contributed by atoms with Crippen molar-refractivity contribution >= 4 is 16.9 Å². The Labute approximate surface area is 145 Å². The van der Waals surface area contributed by atoms with Crippen LogP contribution >= 0.6 is 0 Å². The lowest BCUT2D eigenvalue weighted by Gasteiger charge is -2.33. The second-order valence-electron chi connectivity index (χ2n) is 6.30. The molecule has 1 amide bonds. The summed E-state index contributed by atoms with van der Waals surface area (Å²) >= 11 is 0. The quantitative estimate of drug-likeness (QED) is 0.730. The van der Waals surface area contributed by atoms with Gasteiger partial charge in [0.05, 0.1) is 23.4 Å². The van der Waals surface area contributed by atoms with E-state index in [9.17, 15) is 4.79 Å². The number of nitrogens with zero attached hydrogens (tertiary/aromatic N) is 4. The van der Waals surface area contributed by atoms with Crippen LogP contribution in [0.4, 0.5) is 0 Å². The number of hydrogen-bond acceptors (Lipinski definition) is 5.